The molecule has 2 N–H and O–H groups in total. The Hall–Kier alpha value is -1.06. The monoisotopic (exact) mass is 275 g/mol. The van der Waals surface area contributed by atoms with E-state index in [4.69, 9.17) is 4.74 Å². The van der Waals surface area contributed by atoms with Crippen LogP contribution in [0.1, 0.15) is 55.7 Å². The Morgan fingerprint density at radius 1 is 1.20 bits per heavy atom. The van der Waals surface area contributed by atoms with Crippen molar-refractivity contribution < 1.29 is 9.84 Å². The topological polar surface area (TPSA) is 41.5 Å². The fourth-order valence-electron chi connectivity index (χ4n) is 3.45. The van der Waals surface area contributed by atoms with Crippen molar-refractivity contribution in [3.63, 3.8) is 0 Å². The maximum atomic E-state index is 9.69. The third-order valence-electron chi connectivity index (χ3n) is 4.57. The molecule has 0 saturated carbocycles. The molecule has 0 amide bonds. The van der Waals surface area contributed by atoms with Gasteiger partial charge in [-0.3, -0.25) is 0 Å². The van der Waals surface area contributed by atoms with Gasteiger partial charge < -0.3 is 15.2 Å². The molecule has 0 spiro atoms. The zero-order valence-corrected chi connectivity index (χ0v) is 12.1. The number of aromatic hydroxyl groups is 1. The molecular weight excluding hydrogens is 250 g/mol. The molecule has 3 heteroatoms. The normalized spacial score (nSPS) is 26.2. The Bertz CT molecular complexity index is 441. The summed E-state index contributed by atoms with van der Waals surface area (Å²) in [5.74, 6) is 0.382. The van der Waals surface area contributed by atoms with Crippen LogP contribution in [-0.2, 0) is 11.2 Å². The average Bonchev–Trinajstić information content (AvgIpc) is 2.49. The number of benzene rings is 1. The molecule has 3 nitrogen and oxygen atoms in total. The van der Waals surface area contributed by atoms with E-state index in [1.807, 2.05) is 6.07 Å². The lowest BCUT2D eigenvalue weighted by atomic mass is 9.87. The van der Waals surface area contributed by atoms with E-state index in [9.17, 15) is 5.11 Å². The van der Waals surface area contributed by atoms with Crippen molar-refractivity contribution >= 4 is 0 Å². The smallest absolute Gasteiger partial charge is 0.115 e. The lowest BCUT2D eigenvalue weighted by molar-refractivity contribution is 0.0111. The fraction of sp³-hybridized carbons (Fsp3) is 0.647. The van der Waals surface area contributed by atoms with E-state index < -0.39 is 0 Å². The van der Waals surface area contributed by atoms with Crippen molar-refractivity contribution in [1.29, 1.82) is 0 Å². The van der Waals surface area contributed by atoms with Crippen molar-refractivity contribution in [2.24, 2.45) is 0 Å². The van der Waals surface area contributed by atoms with Gasteiger partial charge in [-0.05, 0) is 74.8 Å². The summed E-state index contributed by atoms with van der Waals surface area (Å²) in [6, 6.07) is 6.21. The van der Waals surface area contributed by atoms with Crippen LogP contribution < -0.4 is 5.32 Å². The number of fused-ring (bicyclic) bond motifs is 1. The highest BCUT2D eigenvalue weighted by molar-refractivity contribution is 5.38. The average molecular weight is 275 g/mol. The van der Waals surface area contributed by atoms with Gasteiger partial charge in [-0.15, -0.1) is 0 Å². The highest BCUT2D eigenvalue weighted by Crippen LogP contribution is 2.32. The standard InChI is InChI=1S/C17H25NO2/c19-14-8-7-13-4-3-6-17(16(13)12-14)18-10-9-15-5-1-2-11-20-15/h7-8,12,15,17-19H,1-6,9-11H2. The van der Waals surface area contributed by atoms with Crippen LogP contribution in [0.3, 0.4) is 0 Å². The largest absolute Gasteiger partial charge is 0.508 e. The van der Waals surface area contributed by atoms with Gasteiger partial charge in [-0.2, -0.15) is 0 Å². The van der Waals surface area contributed by atoms with E-state index in [0.717, 1.165) is 26.0 Å². The molecule has 0 aromatic heterocycles. The molecule has 0 radical (unpaired) electrons. The van der Waals surface area contributed by atoms with Crippen LogP contribution >= 0.6 is 0 Å². The van der Waals surface area contributed by atoms with E-state index >= 15 is 0 Å². The molecule has 2 unspecified atom stereocenters. The molecule has 1 heterocycles. The third-order valence-corrected chi connectivity index (χ3v) is 4.57. The first-order valence-corrected chi connectivity index (χ1v) is 8.00. The van der Waals surface area contributed by atoms with Gasteiger partial charge in [0.2, 0.25) is 0 Å². The number of phenolic OH excluding ortho intramolecular Hbond substituents is 1. The highest BCUT2D eigenvalue weighted by atomic mass is 16.5. The quantitative estimate of drug-likeness (QED) is 0.885. The van der Waals surface area contributed by atoms with Gasteiger partial charge in [0.15, 0.2) is 0 Å². The number of rotatable bonds is 4. The van der Waals surface area contributed by atoms with Crippen LogP contribution in [0.15, 0.2) is 18.2 Å². The molecule has 1 fully saturated rings. The van der Waals surface area contributed by atoms with Crippen molar-refractivity contribution in [3.05, 3.63) is 29.3 Å². The Labute approximate surface area is 121 Å². The number of hydrogen-bond acceptors (Lipinski definition) is 3. The summed E-state index contributed by atoms with van der Waals surface area (Å²) < 4.78 is 5.78. The second-order valence-corrected chi connectivity index (χ2v) is 6.06. The highest BCUT2D eigenvalue weighted by Gasteiger charge is 2.21. The van der Waals surface area contributed by atoms with Crippen LogP contribution in [-0.4, -0.2) is 24.4 Å². The summed E-state index contributed by atoms with van der Waals surface area (Å²) in [4.78, 5) is 0. The zero-order chi connectivity index (χ0) is 13.8. The SMILES string of the molecule is Oc1ccc2c(c1)C(NCCC1CCCCO1)CCC2. The first-order chi connectivity index (χ1) is 9.83. The van der Waals surface area contributed by atoms with Crippen molar-refractivity contribution in [2.45, 2.75) is 57.1 Å². The first kappa shape index (κ1) is 13.9. The predicted molar refractivity (Wildman–Crippen MR) is 80.0 cm³/mol. The minimum Gasteiger partial charge on any atom is -0.508 e. The lowest BCUT2D eigenvalue weighted by Crippen LogP contribution is -2.29. The summed E-state index contributed by atoms with van der Waals surface area (Å²) >= 11 is 0. The Morgan fingerprint density at radius 3 is 3.00 bits per heavy atom. The van der Waals surface area contributed by atoms with Crippen molar-refractivity contribution in [1.82, 2.24) is 5.32 Å². The van der Waals surface area contributed by atoms with E-state index in [0.29, 0.717) is 17.9 Å². The minimum atomic E-state index is 0.382. The second-order valence-electron chi connectivity index (χ2n) is 6.06. The summed E-state index contributed by atoms with van der Waals surface area (Å²) in [5.41, 5.74) is 2.68. The summed E-state index contributed by atoms with van der Waals surface area (Å²) in [6.07, 6.45) is 8.83. The predicted octanol–water partition coefficient (Wildman–Crippen LogP) is 3.32. The Morgan fingerprint density at radius 2 is 2.15 bits per heavy atom. The molecule has 20 heavy (non-hydrogen) atoms. The van der Waals surface area contributed by atoms with Gasteiger partial charge in [-0.25, -0.2) is 0 Å². The number of ether oxygens (including phenoxy) is 1. The summed E-state index contributed by atoms with van der Waals surface area (Å²) in [6.45, 7) is 1.94. The number of aryl methyl sites for hydroxylation is 1. The van der Waals surface area contributed by atoms with Crippen molar-refractivity contribution in [3.8, 4) is 5.75 Å². The molecule has 110 valence electrons. The molecule has 1 aliphatic heterocycles. The summed E-state index contributed by atoms with van der Waals surface area (Å²) in [5, 5.41) is 13.3. The summed E-state index contributed by atoms with van der Waals surface area (Å²) in [7, 11) is 0. The molecule has 3 rings (SSSR count). The van der Waals surface area contributed by atoms with Gasteiger partial charge in [0, 0.05) is 12.6 Å². The van der Waals surface area contributed by atoms with E-state index in [2.05, 4.69) is 11.4 Å². The van der Waals surface area contributed by atoms with Crippen LogP contribution in [0.4, 0.5) is 0 Å². The minimum absolute atomic E-state index is 0.382. The molecule has 2 aliphatic rings. The van der Waals surface area contributed by atoms with Gasteiger partial charge in [0.1, 0.15) is 5.75 Å². The van der Waals surface area contributed by atoms with Crippen LogP contribution in [0.5, 0.6) is 5.75 Å². The molecular formula is C17H25NO2. The molecule has 2 atom stereocenters. The van der Waals surface area contributed by atoms with Gasteiger partial charge in [0.05, 0.1) is 6.10 Å². The van der Waals surface area contributed by atoms with E-state index in [-0.39, 0.29) is 0 Å². The second kappa shape index (κ2) is 6.59. The first-order valence-electron chi connectivity index (χ1n) is 8.00. The zero-order valence-electron chi connectivity index (χ0n) is 12.1. The number of phenols is 1. The number of hydrogen-bond donors (Lipinski definition) is 2. The molecule has 1 aliphatic carbocycles. The molecule has 1 saturated heterocycles. The van der Waals surface area contributed by atoms with Gasteiger partial charge in [-0.1, -0.05) is 6.07 Å². The maximum Gasteiger partial charge on any atom is 0.115 e. The number of nitrogens with one attached hydrogen (secondary N) is 1. The fourth-order valence-corrected chi connectivity index (χ4v) is 3.45. The van der Waals surface area contributed by atoms with E-state index in [1.54, 1.807) is 6.07 Å². The van der Waals surface area contributed by atoms with E-state index in [1.165, 1.54) is 43.2 Å². The van der Waals surface area contributed by atoms with Crippen molar-refractivity contribution in [2.75, 3.05) is 13.2 Å². The maximum absolute atomic E-state index is 9.69. The Kier molecular flexibility index (Phi) is 4.58. The van der Waals surface area contributed by atoms with Crippen LogP contribution in [0.25, 0.3) is 0 Å². The van der Waals surface area contributed by atoms with Crippen LogP contribution in [0, 0.1) is 0 Å². The lowest BCUT2D eigenvalue weighted by Gasteiger charge is -2.28. The Balaban J connectivity index is 1.54. The van der Waals surface area contributed by atoms with Gasteiger partial charge in [0.25, 0.3) is 0 Å². The molecule has 1 aromatic rings. The van der Waals surface area contributed by atoms with Gasteiger partial charge >= 0.3 is 0 Å². The molecule has 1 aromatic carbocycles. The van der Waals surface area contributed by atoms with Crippen LogP contribution in [0.2, 0.25) is 0 Å². The molecule has 0 bridgehead atoms. The third kappa shape index (κ3) is 3.33.